The highest BCUT2D eigenvalue weighted by atomic mass is 16.7. The van der Waals surface area contributed by atoms with Crippen molar-refractivity contribution in [3.05, 3.63) is 30.3 Å². The molecule has 0 aliphatic carbocycles. The maximum absolute atomic E-state index is 5.33. The number of methoxy groups -OCH3 is 2. The summed E-state index contributed by atoms with van der Waals surface area (Å²) in [6.45, 7) is 3.47. The molecule has 1 rings (SSSR count). The molecule has 0 aliphatic rings. The van der Waals surface area contributed by atoms with E-state index in [0.717, 1.165) is 18.8 Å². The van der Waals surface area contributed by atoms with Gasteiger partial charge >= 0.3 is 0 Å². The number of benzene rings is 1. The molecule has 1 aromatic rings. The first-order valence-corrected chi connectivity index (χ1v) is 6.32. The molecule has 0 fully saturated rings. The van der Waals surface area contributed by atoms with Gasteiger partial charge in [0, 0.05) is 33.0 Å². The number of hydrogen-bond donors (Lipinski definition) is 0. The summed E-state index contributed by atoms with van der Waals surface area (Å²) in [7, 11) is 3.24. The van der Waals surface area contributed by atoms with Crippen LogP contribution in [0.15, 0.2) is 30.3 Å². The Balaban J connectivity index is 2.39. The summed E-state index contributed by atoms with van der Waals surface area (Å²) in [6, 6.07) is 10.2. The lowest BCUT2D eigenvalue weighted by molar-refractivity contribution is -0.0320. The summed E-state index contributed by atoms with van der Waals surface area (Å²) in [5, 5.41) is 0. The van der Waals surface area contributed by atoms with Crippen LogP contribution < -0.4 is 4.90 Å². The number of para-hydroxylation sites is 1. The molecule has 0 N–H and O–H groups in total. The fourth-order valence-corrected chi connectivity index (χ4v) is 1.64. The van der Waals surface area contributed by atoms with Gasteiger partial charge < -0.3 is 23.8 Å². The zero-order valence-electron chi connectivity index (χ0n) is 11.7. The average molecular weight is 269 g/mol. The maximum Gasteiger partial charge on any atom is 0.146 e. The highest BCUT2D eigenvalue weighted by Gasteiger charge is 2.05. The Morgan fingerprint density at radius 1 is 0.842 bits per heavy atom. The first kappa shape index (κ1) is 15.9. The molecule has 1 aromatic carbocycles. The van der Waals surface area contributed by atoms with Crippen LogP contribution in [0.3, 0.4) is 0 Å². The molecular weight excluding hydrogens is 246 g/mol. The van der Waals surface area contributed by atoms with E-state index >= 15 is 0 Å². The van der Waals surface area contributed by atoms with E-state index in [2.05, 4.69) is 17.0 Å². The van der Waals surface area contributed by atoms with Gasteiger partial charge in [0.2, 0.25) is 0 Å². The third kappa shape index (κ3) is 7.12. The Hall–Kier alpha value is -1.14. The smallest absolute Gasteiger partial charge is 0.146 e. The Morgan fingerprint density at radius 2 is 1.37 bits per heavy atom. The highest BCUT2D eigenvalue weighted by molar-refractivity contribution is 5.45. The van der Waals surface area contributed by atoms with Gasteiger partial charge in [0.15, 0.2) is 0 Å². The van der Waals surface area contributed by atoms with Crippen LogP contribution in [0.4, 0.5) is 5.69 Å². The molecule has 19 heavy (non-hydrogen) atoms. The SMILES string of the molecule is COCOCCN(CCOCOC)c1ccccc1. The molecule has 0 saturated carbocycles. The lowest BCUT2D eigenvalue weighted by atomic mass is 10.3. The Kier molecular flexibility index (Phi) is 9.01. The van der Waals surface area contributed by atoms with Crippen LogP contribution in [0.5, 0.6) is 0 Å². The van der Waals surface area contributed by atoms with Gasteiger partial charge in [-0.15, -0.1) is 0 Å². The van der Waals surface area contributed by atoms with Crippen LogP contribution in [0.2, 0.25) is 0 Å². The molecular formula is C14H23NO4. The summed E-state index contributed by atoms with van der Waals surface area (Å²) in [5.41, 5.74) is 1.16. The standard InChI is InChI=1S/C14H23NO4/c1-16-12-18-10-8-15(9-11-19-13-17-2)14-6-4-3-5-7-14/h3-7H,8-13H2,1-2H3. The van der Waals surface area contributed by atoms with Crippen molar-refractivity contribution in [3.63, 3.8) is 0 Å². The first-order chi connectivity index (χ1) is 9.38. The molecule has 0 radical (unpaired) electrons. The van der Waals surface area contributed by atoms with Gasteiger partial charge in [0.25, 0.3) is 0 Å². The van der Waals surface area contributed by atoms with Gasteiger partial charge in [0.1, 0.15) is 13.6 Å². The fourth-order valence-electron chi connectivity index (χ4n) is 1.64. The van der Waals surface area contributed by atoms with Crippen molar-refractivity contribution in [2.24, 2.45) is 0 Å². The van der Waals surface area contributed by atoms with Crippen LogP contribution in [-0.2, 0) is 18.9 Å². The van der Waals surface area contributed by atoms with Gasteiger partial charge in [-0.25, -0.2) is 0 Å². The van der Waals surface area contributed by atoms with Crippen LogP contribution in [0, 0.1) is 0 Å². The topological polar surface area (TPSA) is 40.2 Å². The molecule has 108 valence electrons. The number of nitrogens with zero attached hydrogens (tertiary/aromatic N) is 1. The highest BCUT2D eigenvalue weighted by Crippen LogP contribution is 2.12. The van der Waals surface area contributed by atoms with Gasteiger partial charge in [-0.2, -0.15) is 0 Å². The quantitative estimate of drug-likeness (QED) is 0.452. The molecule has 0 amide bonds. The van der Waals surface area contributed by atoms with E-state index in [0.29, 0.717) is 26.8 Å². The van der Waals surface area contributed by atoms with Crippen molar-refractivity contribution in [3.8, 4) is 0 Å². The van der Waals surface area contributed by atoms with Gasteiger partial charge in [0.05, 0.1) is 13.2 Å². The van der Waals surface area contributed by atoms with Crippen molar-refractivity contribution < 1.29 is 18.9 Å². The molecule has 0 unspecified atom stereocenters. The molecule has 0 aliphatic heterocycles. The van der Waals surface area contributed by atoms with Crippen LogP contribution in [0.25, 0.3) is 0 Å². The van der Waals surface area contributed by atoms with E-state index in [9.17, 15) is 0 Å². The zero-order valence-corrected chi connectivity index (χ0v) is 11.7. The summed E-state index contributed by atoms with van der Waals surface area (Å²) in [4.78, 5) is 2.21. The average Bonchev–Trinajstić information content (AvgIpc) is 2.46. The second-order valence-electron chi connectivity index (χ2n) is 3.95. The number of ether oxygens (including phenoxy) is 4. The third-order valence-corrected chi connectivity index (χ3v) is 2.53. The van der Waals surface area contributed by atoms with E-state index in [1.807, 2.05) is 18.2 Å². The molecule has 0 aromatic heterocycles. The predicted molar refractivity (Wildman–Crippen MR) is 74.3 cm³/mol. The normalized spacial score (nSPS) is 10.6. The van der Waals surface area contributed by atoms with Crippen LogP contribution in [-0.4, -0.2) is 54.1 Å². The van der Waals surface area contributed by atoms with E-state index in [4.69, 9.17) is 18.9 Å². The molecule has 0 spiro atoms. The Morgan fingerprint density at radius 3 is 1.84 bits per heavy atom. The Bertz CT molecular complexity index is 296. The number of hydrogen-bond acceptors (Lipinski definition) is 5. The van der Waals surface area contributed by atoms with Crippen molar-refractivity contribution in [1.82, 2.24) is 0 Å². The minimum Gasteiger partial charge on any atom is -0.367 e. The van der Waals surface area contributed by atoms with E-state index in [1.54, 1.807) is 14.2 Å². The van der Waals surface area contributed by atoms with Gasteiger partial charge in [-0.05, 0) is 12.1 Å². The summed E-state index contributed by atoms with van der Waals surface area (Å²) in [5.74, 6) is 0. The molecule has 0 heterocycles. The molecule has 5 heteroatoms. The van der Waals surface area contributed by atoms with E-state index < -0.39 is 0 Å². The summed E-state index contributed by atoms with van der Waals surface area (Å²) in [6.07, 6.45) is 0. The minimum absolute atomic E-state index is 0.322. The lowest BCUT2D eigenvalue weighted by Gasteiger charge is -2.24. The Labute approximate surface area is 115 Å². The second kappa shape index (κ2) is 10.8. The lowest BCUT2D eigenvalue weighted by Crippen LogP contribution is -2.31. The van der Waals surface area contributed by atoms with Gasteiger partial charge in [-0.3, -0.25) is 0 Å². The fraction of sp³-hybridized carbons (Fsp3) is 0.571. The van der Waals surface area contributed by atoms with Crippen molar-refractivity contribution in [1.29, 1.82) is 0 Å². The first-order valence-electron chi connectivity index (χ1n) is 6.32. The summed E-state index contributed by atoms with van der Waals surface area (Å²) >= 11 is 0. The molecule has 0 atom stereocenters. The molecule has 0 saturated heterocycles. The van der Waals surface area contributed by atoms with E-state index in [-0.39, 0.29) is 0 Å². The monoisotopic (exact) mass is 269 g/mol. The number of anilines is 1. The second-order valence-corrected chi connectivity index (χ2v) is 3.95. The zero-order chi connectivity index (χ0) is 13.8. The van der Waals surface area contributed by atoms with Crippen LogP contribution >= 0.6 is 0 Å². The van der Waals surface area contributed by atoms with Crippen molar-refractivity contribution >= 4 is 5.69 Å². The largest absolute Gasteiger partial charge is 0.367 e. The molecule has 0 bridgehead atoms. The maximum atomic E-state index is 5.33. The van der Waals surface area contributed by atoms with Gasteiger partial charge in [-0.1, -0.05) is 18.2 Å². The minimum atomic E-state index is 0.322. The predicted octanol–water partition coefficient (Wildman–Crippen LogP) is 1.73. The van der Waals surface area contributed by atoms with Crippen molar-refractivity contribution in [2.45, 2.75) is 0 Å². The number of rotatable bonds is 11. The van der Waals surface area contributed by atoms with Crippen LogP contribution in [0.1, 0.15) is 0 Å². The summed E-state index contributed by atoms with van der Waals surface area (Å²) < 4.78 is 20.4. The molecule has 5 nitrogen and oxygen atoms in total. The van der Waals surface area contributed by atoms with Crippen molar-refractivity contribution in [2.75, 3.05) is 59.0 Å². The third-order valence-electron chi connectivity index (χ3n) is 2.53. The van der Waals surface area contributed by atoms with E-state index in [1.165, 1.54) is 0 Å².